The van der Waals surface area contributed by atoms with Crippen LogP contribution < -0.4 is 5.73 Å². The molecule has 1 heterocycles. The molecule has 0 saturated carbocycles. The predicted octanol–water partition coefficient (Wildman–Crippen LogP) is 2.43. The molecule has 66 valence electrons. The number of ketones is 1. The van der Waals surface area contributed by atoms with Gasteiger partial charge in [0.25, 0.3) is 0 Å². The lowest BCUT2D eigenvalue weighted by molar-refractivity contribution is 0.0963. The average molecular weight is 248 g/mol. The van der Waals surface area contributed by atoms with Crippen molar-refractivity contribution in [1.82, 2.24) is 0 Å². The number of nitrogens with two attached hydrogens (primary N) is 1. The molecule has 12 heavy (non-hydrogen) atoms. The van der Waals surface area contributed by atoms with Gasteiger partial charge in [0, 0.05) is 4.47 Å². The van der Waals surface area contributed by atoms with Crippen molar-refractivity contribution in [2.45, 2.75) is 19.4 Å². The Morgan fingerprint density at radius 1 is 1.83 bits per heavy atom. The molecule has 2 nitrogen and oxygen atoms in total. The van der Waals surface area contributed by atoms with E-state index >= 15 is 0 Å². The molecular formula is C8H10BrNOS. The first-order chi connectivity index (χ1) is 5.66. The number of rotatable bonds is 3. The fourth-order valence-corrected chi connectivity index (χ4v) is 2.39. The summed E-state index contributed by atoms with van der Waals surface area (Å²) in [6.45, 7) is 1.91. The van der Waals surface area contributed by atoms with Gasteiger partial charge in [-0.1, -0.05) is 6.92 Å². The summed E-state index contributed by atoms with van der Waals surface area (Å²) >= 11 is 4.72. The molecule has 0 amide bonds. The predicted molar refractivity (Wildman–Crippen MR) is 54.6 cm³/mol. The van der Waals surface area contributed by atoms with Gasteiger partial charge in [-0.25, -0.2) is 0 Å². The van der Waals surface area contributed by atoms with E-state index in [0.717, 1.165) is 9.35 Å². The lowest BCUT2D eigenvalue weighted by atomic mass is 10.1. The van der Waals surface area contributed by atoms with Gasteiger partial charge < -0.3 is 5.73 Å². The minimum atomic E-state index is -0.361. The van der Waals surface area contributed by atoms with Gasteiger partial charge in [0.15, 0.2) is 5.78 Å². The average Bonchev–Trinajstić information content (AvgIpc) is 2.48. The van der Waals surface area contributed by atoms with Crippen LogP contribution in [-0.2, 0) is 0 Å². The van der Waals surface area contributed by atoms with Gasteiger partial charge in [-0.3, -0.25) is 4.79 Å². The zero-order chi connectivity index (χ0) is 9.14. The van der Waals surface area contributed by atoms with Gasteiger partial charge >= 0.3 is 0 Å². The van der Waals surface area contributed by atoms with Crippen LogP contribution in [0.2, 0.25) is 0 Å². The molecule has 0 spiro atoms. The van der Waals surface area contributed by atoms with E-state index in [0.29, 0.717) is 6.42 Å². The van der Waals surface area contributed by atoms with Crippen LogP contribution in [0.4, 0.5) is 0 Å². The molecule has 0 saturated heterocycles. The van der Waals surface area contributed by atoms with E-state index in [1.165, 1.54) is 11.3 Å². The molecule has 1 aromatic rings. The molecule has 1 atom stereocenters. The van der Waals surface area contributed by atoms with Gasteiger partial charge in [0.1, 0.15) is 0 Å². The second kappa shape index (κ2) is 4.16. The lowest BCUT2D eigenvalue weighted by Crippen LogP contribution is -2.29. The van der Waals surface area contributed by atoms with E-state index in [2.05, 4.69) is 15.9 Å². The quantitative estimate of drug-likeness (QED) is 0.835. The largest absolute Gasteiger partial charge is 0.321 e. The van der Waals surface area contributed by atoms with Crippen LogP contribution in [0.1, 0.15) is 23.0 Å². The molecule has 1 rings (SSSR count). The SMILES string of the molecule is CCC(N)C(=O)c1sccc1Br. The molecule has 0 aromatic carbocycles. The minimum Gasteiger partial charge on any atom is -0.321 e. The van der Waals surface area contributed by atoms with Gasteiger partial charge in [0.05, 0.1) is 10.9 Å². The van der Waals surface area contributed by atoms with Crippen LogP contribution in [0.15, 0.2) is 15.9 Å². The topological polar surface area (TPSA) is 43.1 Å². The summed E-state index contributed by atoms with van der Waals surface area (Å²) in [7, 11) is 0. The fraction of sp³-hybridized carbons (Fsp3) is 0.375. The molecule has 0 bridgehead atoms. The Labute approximate surface area is 83.9 Å². The molecule has 1 unspecified atom stereocenters. The van der Waals surface area contributed by atoms with Crippen molar-refractivity contribution in [1.29, 1.82) is 0 Å². The number of carbonyl (C=O) groups is 1. The van der Waals surface area contributed by atoms with Crippen LogP contribution in [0, 0.1) is 0 Å². The van der Waals surface area contributed by atoms with Gasteiger partial charge in [0.2, 0.25) is 0 Å². The third-order valence-electron chi connectivity index (χ3n) is 1.62. The Hall–Kier alpha value is -0.190. The summed E-state index contributed by atoms with van der Waals surface area (Å²) in [6.07, 6.45) is 0.684. The Morgan fingerprint density at radius 2 is 2.50 bits per heavy atom. The molecule has 0 aliphatic heterocycles. The van der Waals surface area contributed by atoms with Crippen LogP contribution in [0.25, 0.3) is 0 Å². The van der Waals surface area contributed by atoms with Crippen LogP contribution in [0.3, 0.4) is 0 Å². The van der Waals surface area contributed by atoms with Crippen LogP contribution >= 0.6 is 27.3 Å². The van der Waals surface area contributed by atoms with Gasteiger partial charge in [-0.05, 0) is 33.8 Å². The number of thiophene rings is 1. The molecule has 0 aliphatic rings. The van der Waals surface area contributed by atoms with E-state index in [1.807, 2.05) is 18.4 Å². The Kier molecular flexibility index (Phi) is 3.43. The second-order valence-electron chi connectivity index (χ2n) is 2.48. The van der Waals surface area contributed by atoms with Gasteiger partial charge in [-0.2, -0.15) is 0 Å². The van der Waals surface area contributed by atoms with E-state index < -0.39 is 0 Å². The highest BCUT2D eigenvalue weighted by molar-refractivity contribution is 9.10. The summed E-state index contributed by atoms with van der Waals surface area (Å²) in [4.78, 5) is 12.2. The Morgan fingerprint density at radius 3 is 2.92 bits per heavy atom. The highest BCUT2D eigenvalue weighted by Gasteiger charge is 2.17. The maximum Gasteiger partial charge on any atom is 0.190 e. The van der Waals surface area contributed by atoms with Crippen LogP contribution in [-0.4, -0.2) is 11.8 Å². The van der Waals surface area contributed by atoms with Crippen molar-refractivity contribution in [3.05, 3.63) is 20.8 Å². The smallest absolute Gasteiger partial charge is 0.190 e. The van der Waals surface area contributed by atoms with E-state index in [4.69, 9.17) is 5.73 Å². The molecule has 0 radical (unpaired) electrons. The summed E-state index contributed by atoms with van der Waals surface area (Å²) in [6, 6.07) is 1.50. The number of hydrogen-bond acceptors (Lipinski definition) is 3. The summed E-state index contributed by atoms with van der Waals surface area (Å²) in [5.41, 5.74) is 5.61. The second-order valence-corrected chi connectivity index (χ2v) is 4.25. The van der Waals surface area contributed by atoms with E-state index in [-0.39, 0.29) is 11.8 Å². The Bertz CT molecular complexity index is 284. The van der Waals surface area contributed by atoms with Crippen molar-refractivity contribution in [2.24, 2.45) is 5.73 Å². The molecule has 1 aromatic heterocycles. The van der Waals surface area contributed by atoms with Crippen LogP contribution in [0.5, 0.6) is 0 Å². The van der Waals surface area contributed by atoms with E-state index in [1.54, 1.807) is 0 Å². The molecule has 0 fully saturated rings. The molecule has 2 N–H and O–H groups in total. The summed E-state index contributed by atoms with van der Waals surface area (Å²) in [5.74, 6) is 0.0272. The third kappa shape index (κ3) is 1.94. The number of hydrogen-bond donors (Lipinski definition) is 1. The summed E-state index contributed by atoms with van der Waals surface area (Å²) in [5, 5.41) is 1.87. The van der Waals surface area contributed by atoms with E-state index in [9.17, 15) is 4.79 Å². The fourth-order valence-electron chi connectivity index (χ4n) is 0.823. The maximum atomic E-state index is 11.5. The zero-order valence-corrected chi connectivity index (χ0v) is 9.11. The third-order valence-corrected chi connectivity index (χ3v) is 3.47. The van der Waals surface area contributed by atoms with Gasteiger partial charge in [-0.15, -0.1) is 11.3 Å². The van der Waals surface area contributed by atoms with Crippen molar-refractivity contribution in [2.75, 3.05) is 0 Å². The van der Waals surface area contributed by atoms with Crippen molar-refractivity contribution < 1.29 is 4.79 Å². The number of Topliss-reactive ketones (excluding diaryl/α,β-unsaturated/α-hetero) is 1. The first-order valence-electron chi connectivity index (χ1n) is 3.69. The first-order valence-corrected chi connectivity index (χ1v) is 5.36. The van der Waals surface area contributed by atoms with Crippen molar-refractivity contribution in [3.8, 4) is 0 Å². The highest BCUT2D eigenvalue weighted by atomic mass is 79.9. The molecular weight excluding hydrogens is 238 g/mol. The first kappa shape index (κ1) is 9.89. The number of carbonyl (C=O) groups excluding carboxylic acids is 1. The molecule has 4 heteroatoms. The maximum absolute atomic E-state index is 11.5. The zero-order valence-electron chi connectivity index (χ0n) is 6.71. The monoisotopic (exact) mass is 247 g/mol. The normalized spacial score (nSPS) is 12.9. The number of halogens is 1. The Balaban J connectivity index is 2.85. The highest BCUT2D eigenvalue weighted by Crippen LogP contribution is 2.23. The molecule has 0 aliphatic carbocycles. The lowest BCUT2D eigenvalue weighted by Gasteiger charge is -2.05. The minimum absolute atomic E-state index is 0.0272. The standard InChI is InChI=1S/C8H10BrNOS/c1-2-6(10)7(11)8-5(9)3-4-12-8/h3-4,6H,2,10H2,1H3. The van der Waals surface area contributed by atoms with Crippen molar-refractivity contribution in [3.63, 3.8) is 0 Å². The van der Waals surface area contributed by atoms with Crippen molar-refractivity contribution >= 4 is 33.0 Å². The summed E-state index contributed by atoms with van der Waals surface area (Å²) < 4.78 is 0.849.